The van der Waals surface area contributed by atoms with Crippen molar-refractivity contribution in [1.29, 1.82) is 0 Å². The van der Waals surface area contributed by atoms with Gasteiger partial charge in [0.15, 0.2) is 11.6 Å². The predicted octanol–water partition coefficient (Wildman–Crippen LogP) is 1.20. The van der Waals surface area contributed by atoms with E-state index < -0.39 is 23.6 Å². The molecule has 1 aromatic heterocycles. The summed E-state index contributed by atoms with van der Waals surface area (Å²) in [5, 5.41) is 5.61. The Morgan fingerprint density at radius 1 is 1.33 bits per heavy atom. The van der Waals surface area contributed by atoms with Gasteiger partial charge in [0.1, 0.15) is 0 Å². The summed E-state index contributed by atoms with van der Waals surface area (Å²) < 4.78 is 26.4. The van der Waals surface area contributed by atoms with Gasteiger partial charge in [-0.2, -0.15) is 0 Å². The van der Waals surface area contributed by atoms with Gasteiger partial charge in [-0.15, -0.1) is 0 Å². The van der Waals surface area contributed by atoms with E-state index >= 15 is 0 Å². The van der Waals surface area contributed by atoms with Gasteiger partial charge >= 0.3 is 0 Å². The number of carbonyl (C=O) groups excluding carboxylic acids is 2. The van der Waals surface area contributed by atoms with Crippen molar-refractivity contribution in [2.24, 2.45) is 0 Å². The minimum Gasteiger partial charge on any atom is -0.355 e. The molecule has 1 saturated heterocycles. The summed E-state index contributed by atoms with van der Waals surface area (Å²) in [6.45, 7) is 3.29. The molecule has 0 unspecified atom stereocenters. The summed E-state index contributed by atoms with van der Waals surface area (Å²) in [6.07, 6.45) is 3.67. The number of likely N-dealkylation sites (tertiary alicyclic amines) is 1. The van der Waals surface area contributed by atoms with E-state index in [1.165, 1.54) is 6.07 Å². The maximum Gasteiger partial charge on any atom is 0.251 e. The number of amides is 2. The first kappa shape index (κ1) is 19.0. The van der Waals surface area contributed by atoms with Crippen LogP contribution in [0.1, 0.15) is 29.4 Å². The molecule has 27 heavy (non-hydrogen) atoms. The number of hydrogen-bond acceptors (Lipinski definition) is 4. The van der Waals surface area contributed by atoms with Crippen LogP contribution in [0.15, 0.2) is 30.7 Å². The maximum atomic E-state index is 13.4. The second-order valence-electron chi connectivity index (χ2n) is 6.45. The van der Waals surface area contributed by atoms with Crippen LogP contribution in [0.3, 0.4) is 0 Å². The lowest BCUT2D eigenvalue weighted by Crippen LogP contribution is -2.42. The topological polar surface area (TPSA) is 90.1 Å². The van der Waals surface area contributed by atoms with Crippen LogP contribution in [-0.2, 0) is 11.3 Å². The second kappa shape index (κ2) is 8.26. The molecule has 2 heterocycles. The number of carbonyl (C=O) groups is 2. The minimum atomic E-state index is -1.07. The largest absolute Gasteiger partial charge is 0.355 e. The van der Waals surface area contributed by atoms with Crippen LogP contribution in [-0.4, -0.2) is 51.9 Å². The van der Waals surface area contributed by atoms with Gasteiger partial charge in [0.25, 0.3) is 5.91 Å². The van der Waals surface area contributed by atoms with Crippen molar-refractivity contribution >= 4 is 11.8 Å². The van der Waals surface area contributed by atoms with Gasteiger partial charge in [-0.3, -0.25) is 14.5 Å². The van der Waals surface area contributed by atoms with Crippen molar-refractivity contribution in [2.75, 3.05) is 13.1 Å². The Hall–Kier alpha value is -2.81. The van der Waals surface area contributed by atoms with E-state index in [-0.39, 0.29) is 17.5 Å². The number of nitrogens with zero attached hydrogens (tertiary/aromatic N) is 2. The van der Waals surface area contributed by atoms with E-state index in [4.69, 9.17) is 0 Å². The fourth-order valence-electron chi connectivity index (χ4n) is 3.24. The Morgan fingerprint density at radius 3 is 2.81 bits per heavy atom. The van der Waals surface area contributed by atoms with Gasteiger partial charge in [-0.25, -0.2) is 13.8 Å². The van der Waals surface area contributed by atoms with Gasteiger partial charge in [0.05, 0.1) is 12.4 Å². The van der Waals surface area contributed by atoms with Crippen molar-refractivity contribution in [3.05, 3.63) is 53.6 Å². The molecule has 2 atom stereocenters. The van der Waals surface area contributed by atoms with Crippen LogP contribution >= 0.6 is 0 Å². The normalized spacial score (nSPS) is 19.8. The summed E-state index contributed by atoms with van der Waals surface area (Å²) in [5.74, 6) is -2.69. The summed E-state index contributed by atoms with van der Waals surface area (Å²) in [4.78, 5) is 33.7. The Kier molecular flexibility index (Phi) is 5.80. The molecule has 1 aliphatic rings. The van der Waals surface area contributed by atoms with E-state index in [9.17, 15) is 18.4 Å². The average molecular weight is 377 g/mol. The van der Waals surface area contributed by atoms with Crippen molar-refractivity contribution in [2.45, 2.75) is 32.0 Å². The third kappa shape index (κ3) is 4.48. The number of hydrogen-bond donors (Lipinski definition) is 3. The van der Waals surface area contributed by atoms with Gasteiger partial charge in [0.2, 0.25) is 5.91 Å². The zero-order valence-electron chi connectivity index (χ0n) is 14.8. The first-order valence-corrected chi connectivity index (χ1v) is 8.72. The highest BCUT2D eigenvalue weighted by Gasteiger charge is 2.37. The van der Waals surface area contributed by atoms with Crippen LogP contribution in [0.4, 0.5) is 8.78 Å². The molecule has 1 aliphatic heterocycles. The first-order chi connectivity index (χ1) is 13.0. The molecule has 0 aliphatic carbocycles. The Balaban J connectivity index is 1.69. The lowest BCUT2D eigenvalue weighted by atomic mass is 10.1. The summed E-state index contributed by atoms with van der Waals surface area (Å²) >= 11 is 0. The molecule has 3 N–H and O–H groups in total. The molecule has 2 amide bonds. The number of aromatic amines is 1. The third-order valence-corrected chi connectivity index (χ3v) is 4.50. The average Bonchev–Trinajstić information content (AvgIpc) is 3.28. The molecule has 0 saturated carbocycles. The first-order valence-electron chi connectivity index (χ1n) is 8.72. The lowest BCUT2D eigenvalue weighted by molar-refractivity contribution is -0.125. The van der Waals surface area contributed by atoms with Gasteiger partial charge in [-0.1, -0.05) is 0 Å². The van der Waals surface area contributed by atoms with Gasteiger partial charge in [-0.05, 0) is 31.5 Å². The highest BCUT2D eigenvalue weighted by atomic mass is 19.2. The highest BCUT2D eigenvalue weighted by Crippen LogP contribution is 2.21. The Morgan fingerprint density at radius 2 is 2.15 bits per heavy atom. The lowest BCUT2D eigenvalue weighted by Gasteiger charge is -2.22. The molecule has 144 valence electrons. The SMILES string of the molecule is CCNC(=O)[C@@H]1C[C@H](NC(=O)c2ccc(F)c(F)c2)CN1Cc1cnc[nH]1. The van der Waals surface area contributed by atoms with Gasteiger partial charge < -0.3 is 15.6 Å². The Bertz CT molecular complexity index is 812. The number of likely N-dealkylation sites (N-methyl/N-ethyl adjacent to an activating group) is 1. The number of H-pyrrole nitrogens is 1. The second-order valence-corrected chi connectivity index (χ2v) is 6.45. The molecule has 0 spiro atoms. The van der Waals surface area contributed by atoms with E-state index in [1.807, 2.05) is 11.8 Å². The molecule has 1 aromatic carbocycles. The molecule has 3 rings (SSSR count). The van der Waals surface area contributed by atoms with E-state index in [0.29, 0.717) is 26.1 Å². The number of nitrogens with one attached hydrogen (secondary N) is 3. The molecular formula is C18H21F2N5O2. The maximum absolute atomic E-state index is 13.4. The van der Waals surface area contributed by atoms with E-state index in [1.54, 1.807) is 12.5 Å². The monoisotopic (exact) mass is 377 g/mol. The number of imidazole rings is 1. The number of aromatic nitrogens is 2. The fourth-order valence-corrected chi connectivity index (χ4v) is 3.24. The number of halogens is 2. The predicted molar refractivity (Wildman–Crippen MR) is 93.7 cm³/mol. The summed E-state index contributed by atoms with van der Waals surface area (Å²) in [6, 6.07) is 2.32. The minimum absolute atomic E-state index is 0.0375. The van der Waals surface area contributed by atoms with Crippen LogP contribution in [0.2, 0.25) is 0 Å². The quantitative estimate of drug-likeness (QED) is 0.706. The standard InChI is InChI=1S/C18H21F2N5O2/c1-2-22-18(27)16-6-12(8-25(16)9-13-7-21-10-23-13)24-17(26)11-3-4-14(19)15(20)5-11/h3-5,7,10,12,16H,2,6,8-9H2,1H3,(H,21,23)(H,22,27)(H,24,26)/t12-,16-/m0/s1. The highest BCUT2D eigenvalue weighted by molar-refractivity contribution is 5.94. The summed E-state index contributed by atoms with van der Waals surface area (Å²) in [5.41, 5.74) is 0.896. The van der Waals surface area contributed by atoms with Crippen LogP contribution < -0.4 is 10.6 Å². The van der Waals surface area contributed by atoms with E-state index in [0.717, 1.165) is 17.8 Å². The smallest absolute Gasteiger partial charge is 0.251 e. The Labute approximate surface area is 155 Å². The van der Waals surface area contributed by atoms with Crippen molar-refractivity contribution in [3.63, 3.8) is 0 Å². The van der Waals surface area contributed by atoms with Gasteiger partial charge in [0, 0.05) is 43.1 Å². The third-order valence-electron chi connectivity index (χ3n) is 4.50. The van der Waals surface area contributed by atoms with Crippen molar-refractivity contribution < 1.29 is 18.4 Å². The van der Waals surface area contributed by atoms with Crippen LogP contribution in [0.5, 0.6) is 0 Å². The number of rotatable bonds is 6. The molecule has 0 radical (unpaired) electrons. The van der Waals surface area contributed by atoms with Crippen molar-refractivity contribution in [3.8, 4) is 0 Å². The molecule has 2 aromatic rings. The fraction of sp³-hybridized carbons (Fsp3) is 0.389. The van der Waals surface area contributed by atoms with Crippen LogP contribution in [0, 0.1) is 11.6 Å². The molecular weight excluding hydrogens is 356 g/mol. The summed E-state index contributed by atoms with van der Waals surface area (Å²) in [7, 11) is 0. The van der Waals surface area contributed by atoms with E-state index in [2.05, 4.69) is 20.6 Å². The van der Waals surface area contributed by atoms with Crippen molar-refractivity contribution in [1.82, 2.24) is 25.5 Å². The zero-order valence-corrected chi connectivity index (χ0v) is 14.8. The molecule has 0 bridgehead atoms. The zero-order chi connectivity index (χ0) is 19.4. The molecule has 9 heteroatoms. The number of benzene rings is 1. The molecule has 1 fully saturated rings. The van der Waals surface area contributed by atoms with Crippen LogP contribution in [0.25, 0.3) is 0 Å². The molecule has 7 nitrogen and oxygen atoms in total.